The third kappa shape index (κ3) is 3.24. The maximum atomic E-state index is 11.8. The van der Waals surface area contributed by atoms with Crippen molar-refractivity contribution in [2.75, 3.05) is 6.61 Å². The van der Waals surface area contributed by atoms with Crippen molar-refractivity contribution in [3.05, 3.63) is 41.2 Å². The molecule has 2 heterocycles. The van der Waals surface area contributed by atoms with Gasteiger partial charge in [-0.25, -0.2) is 4.79 Å². The zero-order valence-corrected chi connectivity index (χ0v) is 13.1. The standard InChI is InChI=1S/C17H16N2O4/c1-4-22-17(21)13(10-18)9-14-15-7-5-6-8-19(15)11(2)16(14)23-12(3)20/h5-9H,4H2,1-3H3/b13-9+. The molecule has 0 aromatic carbocycles. The van der Waals surface area contributed by atoms with Crippen molar-refractivity contribution in [3.63, 3.8) is 0 Å². The van der Waals surface area contributed by atoms with Gasteiger partial charge in [0, 0.05) is 18.7 Å². The van der Waals surface area contributed by atoms with E-state index in [1.165, 1.54) is 13.0 Å². The molecule has 0 unspecified atom stereocenters. The molecular weight excluding hydrogens is 296 g/mol. The van der Waals surface area contributed by atoms with Crippen molar-refractivity contribution in [3.8, 4) is 11.8 Å². The first-order valence-electron chi connectivity index (χ1n) is 7.06. The number of pyridine rings is 1. The number of fused-ring (bicyclic) bond motifs is 1. The summed E-state index contributed by atoms with van der Waals surface area (Å²) in [6, 6.07) is 7.29. The van der Waals surface area contributed by atoms with Crippen LogP contribution < -0.4 is 4.74 Å². The van der Waals surface area contributed by atoms with Gasteiger partial charge in [-0.3, -0.25) is 4.79 Å². The van der Waals surface area contributed by atoms with E-state index in [1.807, 2.05) is 34.9 Å². The van der Waals surface area contributed by atoms with Gasteiger partial charge in [0.1, 0.15) is 11.6 Å². The Balaban J connectivity index is 2.69. The predicted octanol–water partition coefficient (Wildman–Crippen LogP) is 2.64. The number of nitriles is 1. The van der Waals surface area contributed by atoms with Gasteiger partial charge in [-0.15, -0.1) is 0 Å². The molecule has 2 rings (SSSR count). The number of nitrogens with zero attached hydrogens (tertiary/aromatic N) is 2. The topological polar surface area (TPSA) is 80.8 Å². The van der Waals surface area contributed by atoms with Gasteiger partial charge < -0.3 is 13.9 Å². The second kappa shape index (κ2) is 6.79. The molecule has 23 heavy (non-hydrogen) atoms. The van der Waals surface area contributed by atoms with Crippen molar-refractivity contribution >= 4 is 23.5 Å². The second-order valence-corrected chi connectivity index (χ2v) is 4.77. The molecule has 118 valence electrons. The van der Waals surface area contributed by atoms with Gasteiger partial charge in [0.2, 0.25) is 0 Å². The molecule has 2 aromatic heterocycles. The van der Waals surface area contributed by atoms with Crippen LogP contribution in [0.25, 0.3) is 11.6 Å². The highest BCUT2D eigenvalue weighted by Gasteiger charge is 2.19. The van der Waals surface area contributed by atoms with Crippen molar-refractivity contribution in [2.24, 2.45) is 0 Å². The quantitative estimate of drug-likeness (QED) is 0.492. The zero-order chi connectivity index (χ0) is 17.0. The number of carbonyl (C=O) groups is 2. The summed E-state index contributed by atoms with van der Waals surface area (Å²) >= 11 is 0. The van der Waals surface area contributed by atoms with E-state index in [4.69, 9.17) is 9.47 Å². The Labute approximate surface area is 133 Å². The van der Waals surface area contributed by atoms with E-state index in [2.05, 4.69) is 0 Å². The van der Waals surface area contributed by atoms with Crippen molar-refractivity contribution in [1.29, 1.82) is 5.26 Å². The summed E-state index contributed by atoms with van der Waals surface area (Å²) in [5.74, 6) is -0.870. The van der Waals surface area contributed by atoms with E-state index < -0.39 is 11.9 Å². The van der Waals surface area contributed by atoms with Crippen LogP contribution in [-0.2, 0) is 14.3 Å². The smallest absolute Gasteiger partial charge is 0.348 e. The number of esters is 2. The minimum absolute atomic E-state index is 0.156. The molecule has 0 aliphatic carbocycles. The summed E-state index contributed by atoms with van der Waals surface area (Å²) in [5.41, 5.74) is 1.75. The molecule has 0 spiro atoms. The van der Waals surface area contributed by atoms with Crippen LogP contribution in [0, 0.1) is 18.3 Å². The largest absolute Gasteiger partial charge is 0.462 e. The lowest BCUT2D eigenvalue weighted by molar-refractivity contribution is -0.138. The lowest BCUT2D eigenvalue weighted by atomic mass is 10.1. The summed E-state index contributed by atoms with van der Waals surface area (Å²) in [4.78, 5) is 23.2. The Morgan fingerprint density at radius 1 is 1.39 bits per heavy atom. The maximum absolute atomic E-state index is 11.8. The summed E-state index contributed by atoms with van der Waals surface area (Å²) in [5, 5.41) is 9.20. The fraction of sp³-hybridized carbons (Fsp3) is 0.235. The average Bonchev–Trinajstić information content (AvgIpc) is 2.78. The molecule has 0 bridgehead atoms. The molecule has 0 fully saturated rings. The van der Waals surface area contributed by atoms with Crippen molar-refractivity contribution in [1.82, 2.24) is 4.40 Å². The first kappa shape index (κ1) is 16.3. The molecule has 6 nitrogen and oxygen atoms in total. The summed E-state index contributed by atoms with van der Waals surface area (Å²) in [6.45, 7) is 4.92. The number of rotatable bonds is 4. The summed E-state index contributed by atoms with van der Waals surface area (Å²) < 4.78 is 12.0. The van der Waals surface area contributed by atoms with Gasteiger partial charge in [-0.2, -0.15) is 5.26 Å². The van der Waals surface area contributed by atoms with Crippen molar-refractivity contribution < 1.29 is 19.1 Å². The van der Waals surface area contributed by atoms with Crippen LogP contribution in [0.3, 0.4) is 0 Å². The zero-order valence-electron chi connectivity index (χ0n) is 13.1. The van der Waals surface area contributed by atoms with Gasteiger partial charge in [-0.1, -0.05) is 6.07 Å². The van der Waals surface area contributed by atoms with Crippen LogP contribution in [0.4, 0.5) is 0 Å². The molecule has 0 saturated carbocycles. The number of aromatic nitrogens is 1. The molecule has 2 aromatic rings. The maximum Gasteiger partial charge on any atom is 0.348 e. The van der Waals surface area contributed by atoms with E-state index in [9.17, 15) is 14.9 Å². The fourth-order valence-electron chi connectivity index (χ4n) is 2.28. The SMILES string of the molecule is CCOC(=O)/C(C#N)=C/c1c(OC(C)=O)c(C)n2ccccc12. The van der Waals surface area contributed by atoms with Crippen LogP contribution in [0.1, 0.15) is 25.1 Å². The van der Waals surface area contributed by atoms with E-state index in [0.29, 0.717) is 17.0 Å². The van der Waals surface area contributed by atoms with Crippen LogP contribution in [-0.4, -0.2) is 22.9 Å². The molecule has 0 N–H and O–H groups in total. The molecule has 0 radical (unpaired) electrons. The van der Waals surface area contributed by atoms with E-state index in [-0.39, 0.29) is 12.2 Å². The summed E-state index contributed by atoms with van der Waals surface area (Å²) in [6.07, 6.45) is 3.20. The number of hydrogen-bond donors (Lipinski definition) is 0. The van der Waals surface area contributed by atoms with Crippen LogP contribution >= 0.6 is 0 Å². The highest BCUT2D eigenvalue weighted by Crippen LogP contribution is 2.32. The monoisotopic (exact) mass is 312 g/mol. The Hall–Kier alpha value is -3.07. The van der Waals surface area contributed by atoms with Crippen LogP contribution in [0.15, 0.2) is 30.0 Å². The fourth-order valence-corrected chi connectivity index (χ4v) is 2.28. The van der Waals surface area contributed by atoms with E-state index >= 15 is 0 Å². The number of hydrogen-bond acceptors (Lipinski definition) is 5. The third-order valence-electron chi connectivity index (χ3n) is 3.22. The molecule has 0 saturated heterocycles. The lowest BCUT2D eigenvalue weighted by Crippen LogP contribution is -2.06. The lowest BCUT2D eigenvalue weighted by Gasteiger charge is -2.03. The Kier molecular flexibility index (Phi) is 4.82. The highest BCUT2D eigenvalue weighted by molar-refractivity contribution is 6.00. The van der Waals surface area contributed by atoms with Gasteiger partial charge in [0.05, 0.1) is 17.8 Å². The van der Waals surface area contributed by atoms with Crippen molar-refractivity contribution in [2.45, 2.75) is 20.8 Å². The highest BCUT2D eigenvalue weighted by atomic mass is 16.5. The molecule has 6 heteroatoms. The molecule has 0 amide bonds. The number of aryl methyl sites for hydroxylation is 1. The first-order chi connectivity index (χ1) is 11.0. The Bertz CT molecular complexity index is 840. The third-order valence-corrected chi connectivity index (χ3v) is 3.22. The average molecular weight is 312 g/mol. The van der Waals surface area contributed by atoms with E-state index in [1.54, 1.807) is 13.8 Å². The van der Waals surface area contributed by atoms with Gasteiger partial charge in [0.25, 0.3) is 0 Å². The minimum atomic E-state index is -0.711. The Morgan fingerprint density at radius 2 is 2.13 bits per heavy atom. The number of ether oxygens (including phenoxy) is 2. The van der Waals surface area contributed by atoms with Crippen LogP contribution in [0.2, 0.25) is 0 Å². The minimum Gasteiger partial charge on any atom is -0.462 e. The second-order valence-electron chi connectivity index (χ2n) is 4.77. The first-order valence-corrected chi connectivity index (χ1v) is 7.06. The molecule has 0 atom stereocenters. The molecular formula is C17H16N2O4. The normalized spacial score (nSPS) is 11.1. The molecule has 0 aliphatic rings. The van der Waals surface area contributed by atoms with E-state index in [0.717, 1.165) is 5.52 Å². The van der Waals surface area contributed by atoms with Crippen LogP contribution in [0.5, 0.6) is 5.75 Å². The summed E-state index contributed by atoms with van der Waals surface area (Å²) in [7, 11) is 0. The van der Waals surface area contributed by atoms with Gasteiger partial charge in [-0.05, 0) is 32.1 Å². The predicted molar refractivity (Wildman–Crippen MR) is 83.7 cm³/mol. The van der Waals surface area contributed by atoms with Gasteiger partial charge in [0.15, 0.2) is 5.75 Å². The van der Waals surface area contributed by atoms with Gasteiger partial charge >= 0.3 is 11.9 Å². The Morgan fingerprint density at radius 3 is 2.74 bits per heavy atom. The molecule has 0 aliphatic heterocycles. The number of carbonyl (C=O) groups excluding carboxylic acids is 2.